The molecule has 5 aromatic rings. The fourth-order valence-corrected chi connectivity index (χ4v) is 7.18. The molecule has 244 valence electrons. The number of aromatic nitrogens is 4. The van der Waals surface area contributed by atoms with Crippen LogP contribution in [0, 0.1) is 18.3 Å². The van der Waals surface area contributed by atoms with Crippen LogP contribution in [0.1, 0.15) is 53.4 Å². The minimum atomic E-state index is -4.26. The van der Waals surface area contributed by atoms with Crippen LogP contribution in [-0.4, -0.2) is 49.7 Å². The zero-order chi connectivity index (χ0) is 33.1. The van der Waals surface area contributed by atoms with Crippen molar-refractivity contribution in [1.82, 2.24) is 24.4 Å². The van der Waals surface area contributed by atoms with Crippen LogP contribution >= 0.6 is 11.3 Å². The normalized spacial score (nSPS) is 14.5. The Morgan fingerprint density at radius 2 is 1.91 bits per heavy atom. The standard InChI is InChI=1S/C35H37F3N8S/c1-4-22(2)43-32-8-5-24(19-40-32)9-14-46-27(18-39)15-29-23(3)25(6-7-31(29)46)20-45-12-10-26(11-13-45)44-33-30-16-28(17-35(36,37)38)47-34(30)42-21-41-33/h5-8,15-16,19,21,26H,2,4,9-14,17,20H2,1,3H3,(H,40,43)(H,41,42,44). The number of halogens is 3. The lowest BCUT2D eigenvalue weighted by atomic mass is 10.0. The van der Waals surface area contributed by atoms with Crippen LogP contribution in [0.2, 0.25) is 0 Å². The highest BCUT2D eigenvalue weighted by Gasteiger charge is 2.29. The molecule has 0 saturated carbocycles. The fraction of sp³-hybridized carbons (Fsp3) is 0.371. The van der Waals surface area contributed by atoms with Gasteiger partial charge in [-0.15, -0.1) is 11.3 Å². The number of piperidine rings is 1. The van der Waals surface area contributed by atoms with Crippen LogP contribution in [-0.2, 0) is 25.9 Å². The van der Waals surface area contributed by atoms with Crippen molar-refractivity contribution in [2.24, 2.45) is 0 Å². The summed E-state index contributed by atoms with van der Waals surface area (Å²) in [5.41, 5.74) is 6.14. The number of aryl methyl sites for hydroxylation is 3. The van der Waals surface area contributed by atoms with Crippen molar-refractivity contribution in [3.63, 3.8) is 0 Å². The van der Waals surface area contributed by atoms with Crippen LogP contribution in [0.25, 0.3) is 21.1 Å². The third-order valence-electron chi connectivity index (χ3n) is 8.84. The molecule has 0 radical (unpaired) electrons. The molecule has 1 aliphatic rings. The number of nitrogens with one attached hydrogen (secondary N) is 2. The van der Waals surface area contributed by atoms with Gasteiger partial charge in [-0.25, -0.2) is 15.0 Å². The highest BCUT2D eigenvalue weighted by Crippen LogP contribution is 2.33. The number of hydrogen-bond acceptors (Lipinski definition) is 8. The van der Waals surface area contributed by atoms with E-state index in [0.29, 0.717) is 28.3 Å². The molecule has 2 N–H and O–H groups in total. The molecule has 0 unspecified atom stereocenters. The molecule has 0 spiro atoms. The lowest BCUT2D eigenvalue weighted by Crippen LogP contribution is -2.39. The first-order valence-corrected chi connectivity index (χ1v) is 16.6. The summed E-state index contributed by atoms with van der Waals surface area (Å²) in [7, 11) is 0. The minimum absolute atomic E-state index is 0.171. The third-order valence-corrected chi connectivity index (χ3v) is 9.88. The van der Waals surface area contributed by atoms with Gasteiger partial charge < -0.3 is 15.2 Å². The number of alkyl halides is 3. The van der Waals surface area contributed by atoms with Gasteiger partial charge in [-0.1, -0.05) is 25.6 Å². The Kier molecular flexibility index (Phi) is 9.47. The number of likely N-dealkylation sites (tertiary alicyclic amines) is 1. The van der Waals surface area contributed by atoms with Gasteiger partial charge in [-0.2, -0.15) is 18.4 Å². The topological polar surface area (TPSA) is 94.7 Å². The number of pyridine rings is 1. The van der Waals surface area contributed by atoms with Gasteiger partial charge in [0.05, 0.1) is 11.8 Å². The maximum atomic E-state index is 12.9. The summed E-state index contributed by atoms with van der Waals surface area (Å²) in [5, 5.41) is 18.4. The highest BCUT2D eigenvalue weighted by atomic mass is 32.1. The Balaban J connectivity index is 1.08. The molecular formula is C35H37F3N8S. The third kappa shape index (κ3) is 7.58. The second-order valence-corrected chi connectivity index (χ2v) is 13.2. The van der Waals surface area contributed by atoms with Crippen LogP contribution in [0.3, 0.4) is 0 Å². The number of rotatable bonds is 11. The van der Waals surface area contributed by atoms with Crippen molar-refractivity contribution in [2.75, 3.05) is 23.7 Å². The SMILES string of the molecule is C=C(CC)Nc1ccc(CCn2c(C#N)cc3c(C)c(CN4CCC(Nc5ncnc6sc(CC(F)(F)F)cc56)CC4)ccc32)cn1. The monoisotopic (exact) mass is 658 g/mol. The lowest BCUT2D eigenvalue weighted by molar-refractivity contribution is -0.126. The van der Waals surface area contributed by atoms with Crippen molar-refractivity contribution in [2.45, 2.75) is 71.3 Å². The average Bonchev–Trinajstić information content (AvgIpc) is 3.63. The molecule has 0 atom stereocenters. The molecule has 5 heterocycles. The smallest absolute Gasteiger partial charge is 0.367 e. The molecule has 8 nitrogen and oxygen atoms in total. The first-order valence-electron chi connectivity index (χ1n) is 15.8. The van der Waals surface area contributed by atoms with E-state index in [2.05, 4.69) is 72.8 Å². The highest BCUT2D eigenvalue weighted by molar-refractivity contribution is 7.18. The number of nitrogens with zero attached hydrogens (tertiary/aromatic N) is 6. The fourth-order valence-electron chi connectivity index (χ4n) is 6.16. The number of hydrogen-bond donors (Lipinski definition) is 2. The van der Waals surface area contributed by atoms with Gasteiger partial charge in [-0.3, -0.25) is 4.90 Å². The van der Waals surface area contributed by atoms with Crippen molar-refractivity contribution in [3.05, 3.63) is 88.5 Å². The maximum absolute atomic E-state index is 12.9. The summed E-state index contributed by atoms with van der Waals surface area (Å²) in [6.07, 6.45) is 1.44. The van der Waals surface area contributed by atoms with E-state index < -0.39 is 12.6 Å². The average molecular weight is 659 g/mol. The Morgan fingerprint density at radius 3 is 2.62 bits per heavy atom. The molecule has 1 aliphatic heterocycles. The predicted octanol–water partition coefficient (Wildman–Crippen LogP) is 7.98. The van der Waals surface area contributed by atoms with E-state index in [0.717, 1.165) is 84.6 Å². The largest absolute Gasteiger partial charge is 0.393 e. The molecule has 47 heavy (non-hydrogen) atoms. The Labute approximate surface area is 276 Å². The zero-order valence-electron chi connectivity index (χ0n) is 26.5. The predicted molar refractivity (Wildman–Crippen MR) is 181 cm³/mol. The number of benzene rings is 1. The van der Waals surface area contributed by atoms with E-state index in [1.54, 1.807) is 6.07 Å². The summed E-state index contributed by atoms with van der Waals surface area (Å²) in [6.45, 7) is 11.4. The summed E-state index contributed by atoms with van der Waals surface area (Å²) in [4.78, 5) is 16.3. The molecule has 6 rings (SSSR count). The number of allylic oxidation sites excluding steroid dienone is 1. The lowest BCUT2D eigenvalue weighted by Gasteiger charge is -2.33. The quantitative estimate of drug-likeness (QED) is 0.149. The van der Waals surface area contributed by atoms with Crippen molar-refractivity contribution >= 4 is 44.1 Å². The van der Waals surface area contributed by atoms with E-state index in [1.807, 2.05) is 25.3 Å². The van der Waals surface area contributed by atoms with Crippen LogP contribution in [0.4, 0.5) is 24.8 Å². The second-order valence-electron chi connectivity index (χ2n) is 12.1. The molecule has 1 saturated heterocycles. The van der Waals surface area contributed by atoms with Crippen LogP contribution in [0.15, 0.2) is 61.2 Å². The number of anilines is 2. The second kappa shape index (κ2) is 13.7. The number of fused-ring (bicyclic) bond motifs is 2. The first-order chi connectivity index (χ1) is 22.6. The maximum Gasteiger partial charge on any atom is 0.393 e. The number of nitriles is 1. The molecule has 12 heteroatoms. The summed E-state index contributed by atoms with van der Waals surface area (Å²) in [5.74, 6) is 1.38. The molecule has 1 aromatic carbocycles. The van der Waals surface area contributed by atoms with Crippen LogP contribution in [0.5, 0.6) is 0 Å². The number of thiophene rings is 1. The zero-order valence-corrected chi connectivity index (χ0v) is 27.3. The van der Waals surface area contributed by atoms with Gasteiger partial charge in [-0.05, 0) is 73.6 Å². The minimum Gasteiger partial charge on any atom is -0.367 e. The van der Waals surface area contributed by atoms with E-state index >= 15 is 0 Å². The van der Waals surface area contributed by atoms with Crippen molar-refractivity contribution < 1.29 is 13.2 Å². The van der Waals surface area contributed by atoms with Gasteiger partial charge in [0.1, 0.15) is 34.6 Å². The van der Waals surface area contributed by atoms with Gasteiger partial charge in [0, 0.05) is 59.9 Å². The van der Waals surface area contributed by atoms with Gasteiger partial charge >= 0.3 is 6.18 Å². The Morgan fingerprint density at radius 1 is 1.11 bits per heavy atom. The van der Waals surface area contributed by atoms with Gasteiger partial charge in [0.2, 0.25) is 0 Å². The van der Waals surface area contributed by atoms with Crippen LogP contribution < -0.4 is 10.6 Å². The molecule has 4 aromatic heterocycles. The summed E-state index contributed by atoms with van der Waals surface area (Å²) < 4.78 is 40.9. The van der Waals surface area contributed by atoms with Gasteiger partial charge in [0.15, 0.2) is 0 Å². The molecule has 0 amide bonds. The summed E-state index contributed by atoms with van der Waals surface area (Å²) in [6, 6.07) is 14.4. The molecule has 0 bridgehead atoms. The van der Waals surface area contributed by atoms with Crippen molar-refractivity contribution in [1.29, 1.82) is 5.26 Å². The van der Waals surface area contributed by atoms with E-state index in [4.69, 9.17) is 0 Å². The molecular weight excluding hydrogens is 622 g/mol. The van der Waals surface area contributed by atoms with Crippen molar-refractivity contribution in [3.8, 4) is 6.07 Å². The summed E-state index contributed by atoms with van der Waals surface area (Å²) >= 11 is 1.07. The molecule has 0 aliphatic carbocycles. The Bertz CT molecular complexity index is 1930. The van der Waals surface area contributed by atoms with E-state index in [1.165, 1.54) is 17.5 Å². The van der Waals surface area contributed by atoms with E-state index in [-0.39, 0.29) is 10.9 Å². The first kappa shape index (κ1) is 32.5. The molecule has 1 fully saturated rings. The van der Waals surface area contributed by atoms with Gasteiger partial charge in [0.25, 0.3) is 0 Å². The Hall–Kier alpha value is -4.47. The van der Waals surface area contributed by atoms with E-state index in [9.17, 15) is 18.4 Å².